The fourth-order valence-corrected chi connectivity index (χ4v) is 1.47. The minimum Gasteiger partial charge on any atom is -0.254 e. The van der Waals surface area contributed by atoms with Crippen molar-refractivity contribution >= 4 is 44.4 Å². The third kappa shape index (κ3) is 3.63. The fraction of sp³-hybridized carbons (Fsp3) is 0.111. The molecule has 1 rings (SSSR count). The van der Waals surface area contributed by atoms with Gasteiger partial charge in [0.1, 0.15) is 4.36 Å². The van der Waals surface area contributed by atoms with Crippen molar-refractivity contribution < 1.29 is 4.21 Å². The monoisotopic (exact) mass is 278 g/mol. The largest absolute Gasteiger partial charge is 0.254 e. The maximum Gasteiger partial charge on any atom is 0.105 e. The van der Waals surface area contributed by atoms with Crippen LogP contribution in [0.4, 0.5) is 0 Å². The van der Waals surface area contributed by atoms with Gasteiger partial charge in [0.2, 0.25) is 0 Å². The number of halogens is 2. The van der Waals surface area contributed by atoms with Crippen molar-refractivity contribution in [1.82, 2.24) is 0 Å². The molecule has 0 amide bonds. The van der Waals surface area contributed by atoms with Crippen molar-refractivity contribution in [3.63, 3.8) is 0 Å². The van der Waals surface area contributed by atoms with Crippen LogP contribution in [0, 0.1) is 0 Å². The predicted octanol–water partition coefficient (Wildman–Crippen LogP) is 3.36. The first-order chi connectivity index (χ1) is 6.09. The molecular formula is C9H8BrClOS. The van der Waals surface area contributed by atoms with Crippen molar-refractivity contribution in [2.45, 2.75) is 0 Å². The van der Waals surface area contributed by atoms with Crippen LogP contribution in [-0.4, -0.2) is 10.5 Å². The highest BCUT2D eigenvalue weighted by atomic mass is 79.9. The summed E-state index contributed by atoms with van der Waals surface area (Å²) in [5.41, 5.74) is 0.948. The maximum absolute atomic E-state index is 10.9. The summed E-state index contributed by atoms with van der Waals surface area (Å²) in [5.74, 6) is 0. The molecule has 0 saturated carbocycles. The summed E-state index contributed by atoms with van der Waals surface area (Å²) in [7, 11) is -1.10. The molecule has 0 unspecified atom stereocenters. The Labute approximate surface area is 93.4 Å². The molecule has 0 radical (unpaired) electrons. The Morgan fingerprint density at radius 1 is 1.46 bits per heavy atom. The van der Waals surface area contributed by atoms with Gasteiger partial charge in [-0.15, -0.1) is 0 Å². The summed E-state index contributed by atoms with van der Waals surface area (Å²) in [4.78, 5) is 0. The lowest BCUT2D eigenvalue weighted by Gasteiger charge is -1.95. The Hall–Kier alpha value is -0.120. The van der Waals surface area contributed by atoms with E-state index in [1.165, 1.54) is 0 Å². The molecule has 0 spiro atoms. The van der Waals surface area contributed by atoms with Crippen molar-refractivity contribution in [2.24, 2.45) is 0 Å². The van der Waals surface area contributed by atoms with Crippen molar-refractivity contribution in [2.75, 3.05) is 6.26 Å². The van der Waals surface area contributed by atoms with Gasteiger partial charge in [-0.25, -0.2) is 0 Å². The van der Waals surface area contributed by atoms with Gasteiger partial charge in [0.05, 0.1) is 10.8 Å². The Balaban J connectivity index is 2.92. The summed E-state index contributed by atoms with van der Waals surface area (Å²) >= 11 is 9.07. The molecule has 0 fully saturated rings. The van der Waals surface area contributed by atoms with E-state index in [0.717, 1.165) is 10.0 Å². The highest BCUT2D eigenvalue weighted by Crippen LogP contribution is 2.15. The second kappa shape index (κ2) is 4.94. The number of hydrogen-bond acceptors (Lipinski definition) is 1. The lowest BCUT2D eigenvalue weighted by atomic mass is 10.2. The van der Waals surface area contributed by atoms with Crippen LogP contribution >= 0.6 is 27.5 Å². The molecule has 0 N–H and O–H groups in total. The standard InChI is InChI=1S/C9H8BrClOS/c1-13(12)9(11)6-7-2-4-8(10)5-3-7/h2-6H,1H3/t13-/m0/s1. The van der Waals surface area contributed by atoms with E-state index in [2.05, 4.69) is 15.9 Å². The van der Waals surface area contributed by atoms with Gasteiger partial charge >= 0.3 is 0 Å². The average Bonchev–Trinajstić information content (AvgIpc) is 2.08. The summed E-state index contributed by atoms with van der Waals surface area (Å²) in [5, 5.41) is 0. The van der Waals surface area contributed by atoms with E-state index in [0.29, 0.717) is 4.36 Å². The lowest BCUT2D eigenvalue weighted by Crippen LogP contribution is -1.83. The zero-order valence-electron chi connectivity index (χ0n) is 6.96. The summed E-state index contributed by atoms with van der Waals surface area (Å²) in [6.45, 7) is 0. The van der Waals surface area contributed by atoms with E-state index in [4.69, 9.17) is 11.6 Å². The highest BCUT2D eigenvalue weighted by Gasteiger charge is 1.97. The second-order valence-electron chi connectivity index (χ2n) is 2.45. The summed E-state index contributed by atoms with van der Waals surface area (Å²) in [6, 6.07) is 7.63. The van der Waals surface area contributed by atoms with Crippen molar-refractivity contribution in [1.29, 1.82) is 0 Å². The number of rotatable bonds is 2. The fourth-order valence-electron chi connectivity index (χ4n) is 0.773. The third-order valence-electron chi connectivity index (χ3n) is 1.42. The van der Waals surface area contributed by atoms with Crippen molar-refractivity contribution in [3.8, 4) is 0 Å². The van der Waals surface area contributed by atoms with E-state index in [1.54, 1.807) is 12.3 Å². The summed E-state index contributed by atoms with van der Waals surface area (Å²) in [6.07, 6.45) is 3.25. The average molecular weight is 280 g/mol. The molecule has 0 aliphatic heterocycles. The highest BCUT2D eigenvalue weighted by molar-refractivity contribution is 9.10. The Kier molecular flexibility index (Phi) is 4.16. The zero-order valence-corrected chi connectivity index (χ0v) is 10.1. The molecule has 70 valence electrons. The molecule has 1 nitrogen and oxygen atoms in total. The molecule has 0 aliphatic carbocycles. The number of benzene rings is 1. The molecule has 0 bridgehead atoms. The van der Waals surface area contributed by atoms with Gasteiger partial charge in [0.15, 0.2) is 0 Å². The molecule has 0 aliphatic rings. The van der Waals surface area contributed by atoms with Gasteiger partial charge in [-0.1, -0.05) is 39.7 Å². The van der Waals surface area contributed by atoms with Crippen LogP contribution in [0.5, 0.6) is 0 Å². The topological polar surface area (TPSA) is 17.1 Å². The van der Waals surface area contributed by atoms with Crippen LogP contribution in [0.3, 0.4) is 0 Å². The molecule has 1 aromatic rings. The molecule has 0 heterocycles. The normalized spacial score (nSPS) is 14.2. The molecule has 1 atom stereocenters. The number of hydrogen-bond donors (Lipinski definition) is 0. The predicted molar refractivity (Wildman–Crippen MR) is 62.0 cm³/mol. The van der Waals surface area contributed by atoms with E-state index in [1.807, 2.05) is 24.3 Å². The first-order valence-electron chi connectivity index (χ1n) is 3.56. The molecule has 13 heavy (non-hydrogen) atoms. The van der Waals surface area contributed by atoms with Crippen LogP contribution in [0.15, 0.2) is 33.1 Å². The van der Waals surface area contributed by atoms with Crippen LogP contribution in [0.2, 0.25) is 0 Å². The SMILES string of the molecule is C[S@](=O)C(Cl)=Cc1ccc(Br)cc1. The van der Waals surface area contributed by atoms with E-state index < -0.39 is 10.8 Å². The van der Waals surface area contributed by atoms with Gasteiger partial charge in [0.25, 0.3) is 0 Å². The minimum absolute atomic E-state index is 0.363. The van der Waals surface area contributed by atoms with Crippen molar-refractivity contribution in [3.05, 3.63) is 38.7 Å². The Morgan fingerprint density at radius 2 is 2.00 bits per heavy atom. The molecule has 0 aromatic heterocycles. The van der Waals surface area contributed by atoms with Crippen LogP contribution in [0.1, 0.15) is 5.56 Å². The van der Waals surface area contributed by atoms with Crippen LogP contribution < -0.4 is 0 Å². The zero-order chi connectivity index (χ0) is 9.84. The quantitative estimate of drug-likeness (QED) is 0.811. The van der Waals surface area contributed by atoms with E-state index in [9.17, 15) is 4.21 Å². The molecule has 1 aromatic carbocycles. The Bertz CT molecular complexity index is 345. The Morgan fingerprint density at radius 3 is 2.46 bits per heavy atom. The molecule has 0 saturated heterocycles. The smallest absolute Gasteiger partial charge is 0.105 e. The van der Waals surface area contributed by atoms with Gasteiger partial charge in [-0.2, -0.15) is 0 Å². The van der Waals surface area contributed by atoms with Gasteiger partial charge in [0, 0.05) is 10.7 Å². The van der Waals surface area contributed by atoms with Gasteiger partial charge in [-0.05, 0) is 23.8 Å². The van der Waals surface area contributed by atoms with Gasteiger partial charge in [-0.3, -0.25) is 4.21 Å². The van der Waals surface area contributed by atoms with E-state index >= 15 is 0 Å². The first-order valence-corrected chi connectivity index (χ1v) is 6.28. The van der Waals surface area contributed by atoms with Crippen LogP contribution in [-0.2, 0) is 10.8 Å². The molecular weight excluding hydrogens is 272 g/mol. The second-order valence-corrected chi connectivity index (χ2v) is 5.35. The van der Waals surface area contributed by atoms with Gasteiger partial charge < -0.3 is 0 Å². The van der Waals surface area contributed by atoms with Crippen LogP contribution in [0.25, 0.3) is 6.08 Å². The third-order valence-corrected chi connectivity index (χ3v) is 3.38. The molecule has 4 heteroatoms. The maximum atomic E-state index is 10.9. The minimum atomic E-state index is -1.10. The first kappa shape index (κ1) is 11.0. The lowest BCUT2D eigenvalue weighted by molar-refractivity contribution is 0.691. The van der Waals surface area contributed by atoms with E-state index in [-0.39, 0.29) is 0 Å². The summed E-state index contributed by atoms with van der Waals surface area (Å²) < 4.78 is 12.3.